The molecular weight excluding hydrogens is 241 g/mol. The van der Waals surface area contributed by atoms with Gasteiger partial charge in [-0.05, 0) is 29.8 Å². The van der Waals surface area contributed by atoms with Gasteiger partial charge < -0.3 is 4.98 Å². The Kier molecular flexibility index (Phi) is 2.73. The topological polar surface area (TPSA) is 52.5 Å². The quantitative estimate of drug-likeness (QED) is 0.760. The normalized spacial score (nSPS) is 10.5. The van der Waals surface area contributed by atoms with Crippen molar-refractivity contribution in [1.29, 1.82) is 5.26 Å². The Bertz CT molecular complexity index is 766. The predicted octanol–water partition coefficient (Wildman–Crippen LogP) is 3.16. The average Bonchev–Trinajstić information content (AvgIpc) is 2.83. The second-order valence-electron chi connectivity index (χ2n) is 4.30. The van der Waals surface area contributed by atoms with Gasteiger partial charge in [0.15, 0.2) is 0 Å². The van der Waals surface area contributed by atoms with E-state index in [4.69, 9.17) is 5.26 Å². The zero-order valence-electron chi connectivity index (χ0n) is 10.0. The SMILES string of the molecule is N#Cc1cccc2[nH]c(Cc3ccc(F)cc3)nc12. The van der Waals surface area contributed by atoms with Crippen LogP contribution in [0.4, 0.5) is 4.39 Å². The molecule has 0 radical (unpaired) electrons. The first-order valence-electron chi connectivity index (χ1n) is 5.88. The Labute approximate surface area is 109 Å². The molecule has 3 nitrogen and oxygen atoms in total. The van der Waals surface area contributed by atoms with E-state index < -0.39 is 0 Å². The summed E-state index contributed by atoms with van der Waals surface area (Å²) < 4.78 is 12.8. The molecule has 0 saturated carbocycles. The number of aromatic amines is 1. The van der Waals surface area contributed by atoms with Gasteiger partial charge >= 0.3 is 0 Å². The van der Waals surface area contributed by atoms with Crippen molar-refractivity contribution in [3.8, 4) is 6.07 Å². The van der Waals surface area contributed by atoms with E-state index in [-0.39, 0.29) is 5.82 Å². The third kappa shape index (κ3) is 2.18. The van der Waals surface area contributed by atoms with Crippen molar-refractivity contribution >= 4 is 11.0 Å². The van der Waals surface area contributed by atoms with Crippen LogP contribution in [-0.4, -0.2) is 9.97 Å². The van der Waals surface area contributed by atoms with Gasteiger partial charge in [-0.3, -0.25) is 0 Å². The number of hydrogen-bond donors (Lipinski definition) is 1. The number of nitriles is 1. The number of rotatable bonds is 2. The van der Waals surface area contributed by atoms with Gasteiger partial charge in [0, 0.05) is 6.42 Å². The van der Waals surface area contributed by atoms with Crippen molar-refractivity contribution in [3.05, 3.63) is 65.2 Å². The van der Waals surface area contributed by atoms with Crippen LogP contribution < -0.4 is 0 Å². The van der Waals surface area contributed by atoms with Gasteiger partial charge in [0.2, 0.25) is 0 Å². The Morgan fingerprint density at radius 1 is 1.16 bits per heavy atom. The van der Waals surface area contributed by atoms with Gasteiger partial charge in [0.1, 0.15) is 23.2 Å². The van der Waals surface area contributed by atoms with Gasteiger partial charge in [-0.2, -0.15) is 5.26 Å². The number of aromatic nitrogens is 2. The molecule has 0 saturated heterocycles. The highest BCUT2D eigenvalue weighted by molar-refractivity contribution is 5.81. The Morgan fingerprint density at radius 3 is 2.68 bits per heavy atom. The van der Waals surface area contributed by atoms with Crippen LogP contribution in [0.15, 0.2) is 42.5 Å². The summed E-state index contributed by atoms with van der Waals surface area (Å²) in [7, 11) is 0. The van der Waals surface area contributed by atoms with Crippen LogP contribution in [0.5, 0.6) is 0 Å². The number of H-pyrrole nitrogens is 1. The number of para-hydroxylation sites is 1. The number of nitrogens with zero attached hydrogens (tertiary/aromatic N) is 2. The molecular formula is C15H10FN3. The summed E-state index contributed by atoms with van der Waals surface area (Å²) in [6.45, 7) is 0. The summed E-state index contributed by atoms with van der Waals surface area (Å²) >= 11 is 0. The van der Waals surface area contributed by atoms with Crippen LogP contribution in [0, 0.1) is 17.1 Å². The van der Waals surface area contributed by atoms with Crippen molar-refractivity contribution in [1.82, 2.24) is 9.97 Å². The molecule has 0 aliphatic heterocycles. The molecule has 0 aliphatic carbocycles. The van der Waals surface area contributed by atoms with E-state index in [1.807, 2.05) is 12.1 Å². The number of hydrogen-bond acceptors (Lipinski definition) is 2. The summed E-state index contributed by atoms with van der Waals surface area (Å²) in [5.74, 6) is 0.518. The summed E-state index contributed by atoms with van der Waals surface area (Å²) in [4.78, 5) is 7.61. The average molecular weight is 251 g/mol. The number of imidazole rings is 1. The molecule has 0 amide bonds. The van der Waals surface area contributed by atoms with Crippen LogP contribution in [0.3, 0.4) is 0 Å². The summed E-state index contributed by atoms with van der Waals surface area (Å²) in [5.41, 5.74) is 3.05. The molecule has 1 heterocycles. The van der Waals surface area contributed by atoms with Crippen LogP contribution >= 0.6 is 0 Å². The highest BCUT2D eigenvalue weighted by atomic mass is 19.1. The fraction of sp³-hybridized carbons (Fsp3) is 0.0667. The number of benzene rings is 2. The standard InChI is InChI=1S/C15H10FN3/c16-12-6-4-10(5-7-12)8-14-18-13-3-1-2-11(9-17)15(13)19-14/h1-7H,8H2,(H,18,19). The second kappa shape index (κ2) is 4.54. The molecule has 92 valence electrons. The minimum atomic E-state index is -0.250. The van der Waals surface area contributed by atoms with E-state index in [1.54, 1.807) is 18.2 Å². The third-order valence-electron chi connectivity index (χ3n) is 2.97. The maximum atomic E-state index is 12.8. The smallest absolute Gasteiger partial charge is 0.123 e. The van der Waals surface area contributed by atoms with Crippen LogP contribution in [0.2, 0.25) is 0 Å². The highest BCUT2D eigenvalue weighted by Gasteiger charge is 2.07. The maximum Gasteiger partial charge on any atom is 0.123 e. The van der Waals surface area contributed by atoms with Crippen molar-refractivity contribution in [2.75, 3.05) is 0 Å². The lowest BCUT2D eigenvalue weighted by Gasteiger charge is -1.97. The first-order valence-corrected chi connectivity index (χ1v) is 5.88. The fourth-order valence-electron chi connectivity index (χ4n) is 2.05. The molecule has 1 N–H and O–H groups in total. The largest absolute Gasteiger partial charge is 0.342 e. The Hall–Kier alpha value is -2.67. The van der Waals surface area contributed by atoms with Crippen LogP contribution in [0.25, 0.3) is 11.0 Å². The van der Waals surface area contributed by atoms with Gasteiger partial charge in [0.05, 0.1) is 11.1 Å². The molecule has 3 rings (SSSR count). The highest BCUT2D eigenvalue weighted by Crippen LogP contribution is 2.17. The molecule has 1 aromatic heterocycles. The number of halogens is 1. The monoisotopic (exact) mass is 251 g/mol. The maximum absolute atomic E-state index is 12.8. The fourth-order valence-corrected chi connectivity index (χ4v) is 2.05. The lowest BCUT2D eigenvalue weighted by Crippen LogP contribution is -1.90. The zero-order chi connectivity index (χ0) is 13.2. The second-order valence-corrected chi connectivity index (χ2v) is 4.30. The predicted molar refractivity (Wildman–Crippen MR) is 70.0 cm³/mol. The van der Waals surface area contributed by atoms with Crippen LogP contribution in [-0.2, 0) is 6.42 Å². The first-order chi connectivity index (χ1) is 9.26. The van der Waals surface area contributed by atoms with Crippen molar-refractivity contribution < 1.29 is 4.39 Å². The van der Waals surface area contributed by atoms with E-state index in [9.17, 15) is 4.39 Å². The molecule has 0 fully saturated rings. The number of nitrogens with one attached hydrogen (secondary N) is 1. The Morgan fingerprint density at radius 2 is 1.95 bits per heavy atom. The van der Waals surface area contributed by atoms with Gasteiger partial charge in [-0.25, -0.2) is 9.37 Å². The minimum Gasteiger partial charge on any atom is -0.342 e. The van der Waals surface area contributed by atoms with Crippen molar-refractivity contribution in [3.63, 3.8) is 0 Å². The summed E-state index contributed by atoms with van der Waals surface area (Å²) in [6, 6.07) is 13.9. The van der Waals surface area contributed by atoms with E-state index in [0.717, 1.165) is 16.9 Å². The van der Waals surface area contributed by atoms with Crippen molar-refractivity contribution in [2.45, 2.75) is 6.42 Å². The summed E-state index contributed by atoms with van der Waals surface area (Å²) in [6.07, 6.45) is 0.583. The van der Waals surface area contributed by atoms with Gasteiger partial charge in [0.25, 0.3) is 0 Å². The third-order valence-corrected chi connectivity index (χ3v) is 2.97. The van der Waals surface area contributed by atoms with Gasteiger partial charge in [-0.1, -0.05) is 18.2 Å². The van der Waals surface area contributed by atoms with E-state index in [2.05, 4.69) is 16.0 Å². The van der Waals surface area contributed by atoms with Crippen LogP contribution in [0.1, 0.15) is 17.0 Å². The molecule has 3 aromatic rings. The molecule has 0 atom stereocenters. The molecule has 0 bridgehead atoms. The molecule has 0 unspecified atom stereocenters. The van der Waals surface area contributed by atoms with Crippen molar-refractivity contribution in [2.24, 2.45) is 0 Å². The zero-order valence-corrected chi connectivity index (χ0v) is 10.0. The minimum absolute atomic E-state index is 0.250. The van der Waals surface area contributed by atoms with E-state index >= 15 is 0 Å². The van der Waals surface area contributed by atoms with E-state index in [1.165, 1.54) is 12.1 Å². The number of fused-ring (bicyclic) bond motifs is 1. The molecule has 4 heteroatoms. The molecule has 19 heavy (non-hydrogen) atoms. The Balaban J connectivity index is 1.98. The molecule has 0 aliphatic rings. The first kappa shape index (κ1) is 11.4. The lowest BCUT2D eigenvalue weighted by molar-refractivity contribution is 0.627. The van der Waals surface area contributed by atoms with E-state index in [0.29, 0.717) is 17.5 Å². The molecule has 0 spiro atoms. The van der Waals surface area contributed by atoms with Gasteiger partial charge in [-0.15, -0.1) is 0 Å². The molecule has 2 aromatic carbocycles. The summed E-state index contributed by atoms with van der Waals surface area (Å²) in [5, 5.41) is 9.02. The lowest BCUT2D eigenvalue weighted by atomic mass is 10.1.